The van der Waals surface area contributed by atoms with Crippen molar-refractivity contribution in [3.05, 3.63) is 41.7 Å². The average molecular weight is 568 g/mol. The first kappa shape index (κ1) is 29.4. The molecule has 0 radical (unpaired) electrons. The van der Waals surface area contributed by atoms with Crippen LogP contribution in [-0.2, 0) is 11.2 Å². The van der Waals surface area contributed by atoms with Gasteiger partial charge in [-0.15, -0.1) is 0 Å². The summed E-state index contributed by atoms with van der Waals surface area (Å²) in [4.78, 5) is 24.2. The molecule has 3 aromatic rings. The Morgan fingerprint density at radius 3 is 2.45 bits per heavy atom. The lowest BCUT2D eigenvalue weighted by Gasteiger charge is -2.20. The number of amides is 1. The van der Waals surface area contributed by atoms with Gasteiger partial charge in [0.05, 0.1) is 28.7 Å². The number of rotatable bonds is 11. The molecule has 1 atom stereocenters. The molecule has 2 aromatic heterocycles. The topological polar surface area (TPSA) is 111 Å². The average Bonchev–Trinajstić information content (AvgIpc) is 3.53. The Morgan fingerprint density at radius 2 is 1.82 bits per heavy atom. The fraction of sp³-hybridized carbons (Fsp3) is 0.483. The highest BCUT2D eigenvalue weighted by molar-refractivity contribution is 6.88. The van der Waals surface area contributed by atoms with E-state index in [4.69, 9.17) is 18.6 Å². The largest absolute Gasteiger partial charge is 0.479 e. The number of nitrogens with zero attached hydrogens (tertiary/aromatic N) is 3. The van der Waals surface area contributed by atoms with E-state index in [2.05, 4.69) is 77.2 Å². The molecule has 3 heterocycles. The smallest absolute Gasteiger partial charge is 0.290 e. The maximum atomic E-state index is 13.0. The van der Waals surface area contributed by atoms with Gasteiger partial charge < -0.3 is 34.2 Å². The van der Waals surface area contributed by atoms with Crippen molar-refractivity contribution < 1.29 is 23.4 Å². The van der Waals surface area contributed by atoms with Gasteiger partial charge in [0.25, 0.3) is 5.95 Å². The SMILES string of the molecule is COc1nc(N2CCC(NC(C)C)C2)nc(OC)c1NC(=O)Cc1ccc(Oc2cc([Si](C)(C)C)ccc2C)o1. The van der Waals surface area contributed by atoms with Crippen LogP contribution < -0.4 is 34.9 Å². The van der Waals surface area contributed by atoms with Crippen LogP contribution in [0.5, 0.6) is 23.5 Å². The summed E-state index contributed by atoms with van der Waals surface area (Å²) < 4.78 is 22.9. The van der Waals surface area contributed by atoms with E-state index in [1.54, 1.807) is 12.1 Å². The molecule has 216 valence electrons. The van der Waals surface area contributed by atoms with Crippen LogP contribution in [0, 0.1) is 6.92 Å². The number of furan rings is 1. The van der Waals surface area contributed by atoms with Gasteiger partial charge in [-0.2, -0.15) is 9.97 Å². The Bertz CT molecular complexity index is 1310. The van der Waals surface area contributed by atoms with Gasteiger partial charge >= 0.3 is 0 Å². The van der Waals surface area contributed by atoms with E-state index < -0.39 is 8.07 Å². The summed E-state index contributed by atoms with van der Waals surface area (Å²) in [5.74, 6) is 2.18. The second kappa shape index (κ2) is 12.3. The molecule has 4 rings (SSSR count). The number of anilines is 2. The third-order valence-electron chi connectivity index (χ3n) is 6.76. The number of benzene rings is 1. The lowest BCUT2D eigenvalue weighted by molar-refractivity contribution is -0.115. The summed E-state index contributed by atoms with van der Waals surface area (Å²) in [6.07, 6.45) is 0.975. The molecule has 1 aromatic carbocycles. The number of methoxy groups -OCH3 is 2. The fourth-order valence-electron chi connectivity index (χ4n) is 4.64. The van der Waals surface area contributed by atoms with Gasteiger partial charge in [0, 0.05) is 31.2 Å². The number of nitrogens with one attached hydrogen (secondary N) is 2. The zero-order valence-corrected chi connectivity index (χ0v) is 25.8. The van der Waals surface area contributed by atoms with E-state index >= 15 is 0 Å². The molecule has 1 amide bonds. The van der Waals surface area contributed by atoms with Crippen molar-refractivity contribution in [1.29, 1.82) is 0 Å². The number of carbonyl (C=O) groups excluding carboxylic acids is 1. The maximum Gasteiger partial charge on any atom is 0.290 e. The van der Waals surface area contributed by atoms with Gasteiger partial charge in [0.2, 0.25) is 23.6 Å². The van der Waals surface area contributed by atoms with E-state index in [0.717, 1.165) is 30.8 Å². The van der Waals surface area contributed by atoms with Crippen LogP contribution in [0.2, 0.25) is 19.6 Å². The zero-order chi connectivity index (χ0) is 29.0. The molecule has 40 heavy (non-hydrogen) atoms. The van der Waals surface area contributed by atoms with Gasteiger partial charge in [0.15, 0.2) is 5.69 Å². The quantitative estimate of drug-likeness (QED) is 0.324. The zero-order valence-electron chi connectivity index (χ0n) is 24.8. The Hall–Kier alpha value is -3.57. The number of ether oxygens (including phenoxy) is 3. The van der Waals surface area contributed by atoms with Crippen molar-refractivity contribution in [1.82, 2.24) is 15.3 Å². The molecule has 1 fully saturated rings. The summed E-state index contributed by atoms with van der Waals surface area (Å²) in [7, 11) is 1.51. The van der Waals surface area contributed by atoms with Crippen molar-refractivity contribution >= 4 is 30.8 Å². The number of carbonyl (C=O) groups is 1. The number of aryl methyl sites for hydroxylation is 1. The third kappa shape index (κ3) is 7.13. The van der Waals surface area contributed by atoms with Crippen LogP contribution in [-0.4, -0.2) is 63.3 Å². The van der Waals surface area contributed by atoms with Crippen molar-refractivity contribution in [2.45, 2.75) is 65.3 Å². The summed E-state index contributed by atoms with van der Waals surface area (Å²) in [5.41, 5.74) is 1.29. The first-order chi connectivity index (χ1) is 19.0. The molecule has 1 unspecified atom stereocenters. The van der Waals surface area contributed by atoms with Crippen LogP contribution in [0.1, 0.15) is 31.6 Å². The highest BCUT2D eigenvalue weighted by Gasteiger charge is 2.28. The molecule has 2 N–H and O–H groups in total. The van der Waals surface area contributed by atoms with E-state index in [1.165, 1.54) is 19.4 Å². The summed E-state index contributed by atoms with van der Waals surface area (Å²) in [6.45, 7) is 14.7. The standard InChI is InChI=1S/C29H41N5O5Si/c1-18(2)30-20-13-14-34(17-20)29-32-27(36-4)26(28(33-29)37-5)31-24(35)15-21-10-12-25(38-21)39-23-16-22(40(6,7)8)11-9-19(23)3/h9-12,16,18,20,30H,13-15,17H2,1-8H3,(H,31,35). The lowest BCUT2D eigenvalue weighted by atomic mass is 10.2. The predicted molar refractivity (Wildman–Crippen MR) is 159 cm³/mol. The first-order valence-electron chi connectivity index (χ1n) is 13.7. The summed E-state index contributed by atoms with van der Waals surface area (Å²) in [6, 6.07) is 10.5. The van der Waals surface area contributed by atoms with Gasteiger partial charge in [-0.3, -0.25) is 4.79 Å². The van der Waals surface area contributed by atoms with Gasteiger partial charge in [-0.25, -0.2) is 0 Å². The van der Waals surface area contributed by atoms with Crippen LogP contribution in [0.15, 0.2) is 34.7 Å². The van der Waals surface area contributed by atoms with E-state index in [1.807, 2.05) is 6.92 Å². The minimum absolute atomic E-state index is 0.0139. The van der Waals surface area contributed by atoms with Gasteiger partial charge in [-0.05, 0) is 31.0 Å². The van der Waals surface area contributed by atoms with E-state index in [0.29, 0.717) is 29.7 Å². The summed E-state index contributed by atoms with van der Waals surface area (Å²) >= 11 is 0. The maximum absolute atomic E-state index is 13.0. The molecule has 0 bridgehead atoms. The van der Waals surface area contributed by atoms with E-state index in [-0.39, 0.29) is 29.8 Å². The highest BCUT2D eigenvalue weighted by Crippen LogP contribution is 2.34. The molecular formula is C29H41N5O5Si. The minimum atomic E-state index is -1.49. The normalized spacial score (nSPS) is 15.4. The highest BCUT2D eigenvalue weighted by atomic mass is 28.3. The summed E-state index contributed by atoms with van der Waals surface area (Å²) in [5, 5.41) is 7.68. The molecule has 1 aliphatic heterocycles. The Labute approximate surface area is 237 Å². The molecule has 1 aliphatic rings. The fourth-order valence-corrected chi connectivity index (χ4v) is 5.79. The molecule has 10 nitrogen and oxygen atoms in total. The lowest BCUT2D eigenvalue weighted by Crippen LogP contribution is -2.37. The number of hydrogen-bond acceptors (Lipinski definition) is 9. The van der Waals surface area contributed by atoms with Gasteiger partial charge in [-0.1, -0.05) is 50.8 Å². The van der Waals surface area contributed by atoms with Crippen molar-refractivity contribution in [3.63, 3.8) is 0 Å². The first-order valence-corrected chi connectivity index (χ1v) is 17.2. The Kier molecular flexibility index (Phi) is 9.04. The molecular weight excluding hydrogens is 526 g/mol. The predicted octanol–water partition coefficient (Wildman–Crippen LogP) is 4.49. The molecule has 1 saturated heterocycles. The Morgan fingerprint density at radius 1 is 1.12 bits per heavy atom. The van der Waals surface area contributed by atoms with Crippen LogP contribution >= 0.6 is 0 Å². The minimum Gasteiger partial charge on any atom is -0.479 e. The molecule has 0 saturated carbocycles. The second-order valence-corrected chi connectivity index (χ2v) is 16.5. The van der Waals surface area contributed by atoms with Gasteiger partial charge in [0.1, 0.15) is 11.5 Å². The second-order valence-electron chi connectivity index (χ2n) is 11.4. The van der Waals surface area contributed by atoms with Crippen molar-refractivity contribution in [2.75, 3.05) is 37.5 Å². The van der Waals surface area contributed by atoms with Crippen molar-refractivity contribution in [2.24, 2.45) is 0 Å². The third-order valence-corrected chi connectivity index (χ3v) is 8.80. The van der Waals surface area contributed by atoms with Crippen LogP contribution in [0.3, 0.4) is 0 Å². The Balaban J connectivity index is 1.44. The number of hydrogen-bond donors (Lipinski definition) is 2. The number of aromatic nitrogens is 2. The monoisotopic (exact) mass is 567 g/mol. The van der Waals surface area contributed by atoms with Crippen LogP contribution in [0.4, 0.5) is 11.6 Å². The van der Waals surface area contributed by atoms with E-state index in [9.17, 15) is 4.79 Å². The molecule has 0 spiro atoms. The van der Waals surface area contributed by atoms with Crippen molar-refractivity contribution in [3.8, 4) is 23.5 Å². The molecule has 0 aliphatic carbocycles. The molecule has 11 heteroatoms. The van der Waals surface area contributed by atoms with Crippen LogP contribution in [0.25, 0.3) is 0 Å².